The second-order valence-electron chi connectivity index (χ2n) is 7.28. The molecule has 2 aromatic rings. The van der Waals surface area contributed by atoms with Crippen LogP contribution in [0.15, 0.2) is 52.4 Å². The van der Waals surface area contributed by atoms with Gasteiger partial charge in [0, 0.05) is 11.1 Å². The van der Waals surface area contributed by atoms with E-state index >= 15 is 0 Å². The SMILES string of the molecule is COc1ccc(C(=O)NNC(=O)[C@@H](N=C2NS(=O)(=O)c3ccccc32)C(C)C)cc1OC. The number of methoxy groups -OCH3 is 2. The summed E-state index contributed by atoms with van der Waals surface area (Å²) in [5.74, 6) is -0.530. The Bertz CT molecular complexity index is 1180. The van der Waals surface area contributed by atoms with Crippen molar-refractivity contribution in [2.45, 2.75) is 24.8 Å². The molecule has 10 nitrogen and oxygen atoms in total. The summed E-state index contributed by atoms with van der Waals surface area (Å²) in [5, 5.41) is 0. The number of aliphatic imine (C=N–C) groups is 1. The molecule has 0 spiro atoms. The number of nitrogens with one attached hydrogen (secondary N) is 3. The predicted octanol–water partition coefficient (Wildman–Crippen LogP) is 1.23. The van der Waals surface area contributed by atoms with Crippen molar-refractivity contribution in [1.29, 1.82) is 0 Å². The number of carbonyl (C=O) groups excluding carboxylic acids is 2. The standard InChI is InChI=1S/C21H24N4O6S/c1-12(2)18(22-19-14-7-5-6-8-17(14)32(28,29)25-19)21(27)24-23-20(26)13-9-10-15(30-3)16(11-13)31-4/h5-12,18H,1-4H3,(H,22,25)(H,23,26)(H,24,27)/t18-/m0/s1. The van der Waals surface area contributed by atoms with Crippen molar-refractivity contribution in [2.75, 3.05) is 14.2 Å². The smallest absolute Gasteiger partial charge is 0.269 e. The van der Waals surface area contributed by atoms with Crippen molar-refractivity contribution in [3.8, 4) is 11.5 Å². The average molecular weight is 461 g/mol. The molecule has 1 aliphatic rings. The summed E-state index contributed by atoms with van der Waals surface area (Å²) in [6.45, 7) is 3.53. The van der Waals surface area contributed by atoms with E-state index in [0.29, 0.717) is 17.1 Å². The number of rotatable bonds is 6. The van der Waals surface area contributed by atoms with Crippen molar-refractivity contribution in [2.24, 2.45) is 10.9 Å². The zero-order valence-electron chi connectivity index (χ0n) is 18.0. The quantitative estimate of drug-likeness (QED) is 0.555. The summed E-state index contributed by atoms with van der Waals surface area (Å²) in [5.41, 5.74) is 5.33. The van der Waals surface area contributed by atoms with Gasteiger partial charge in [-0.05, 0) is 36.2 Å². The van der Waals surface area contributed by atoms with Crippen molar-refractivity contribution < 1.29 is 27.5 Å². The summed E-state index contributed by atoms with van der Waals surface area (Å²) in [7, 11) is -0.802. The molecule has 0 aliphatic carbocycles. The van der Waals surface area contributed by atoms with E-state index in [2.05, 4.69) is 20.6 Å². The lowest BCUT2D eigenvalue weighted by molar-refractivity contribution is -0.123. The minimum absolute atomic E-state index is 0.0840. The highest BCUT2D eigenvalue weighted by Gasteiger charge is 2.32. The zero-order valence-corrected chi connectivity index (χ0v) is 18.8. The number of amides is 2. The van der Waals surface area contributed by atoms with Gasteiger partial charge in [0.1, 0.15) is 11.9 Å². The summed E-state index contributed by atoms with van der Waals surface area (Å²) in [4.78, 5) is 29.6. The minimum Gasteiger partial charge on any atom is -0.493 e. The molecule has 32 heavy (non-hydrogen) atoms. The van der Waals surface area contributed by atoms with Crippen molar-refractivity contribution in [1.82, 2.24) is 15.6 Å². The molecule has 0 fully saturated rings. The van der Waals surface area contributed by atoms with Gasteiger partial charge in [-0.2, -0.15) is 0 Å². The van der Waals surface area contributed by atoms with E-state index in [1.54, 1.807) is 38.1 Å². The number of amidine groups is 1. The van der Waals surface area contributed by atoms with Gasteiger partial charge in [0.05, 0.1) is 19.1 Å². The molecule has 3 N–H and O–H groups in total. The molecular formula is C21H24N4O6S. The van der Waals surface area contributed by atoms with Gasteiger partial charge in [-0.25, -0.2) is 8.42 Å². The Labute approximate surface area is 186 Å². The van der Waals surface area contributed by atoms with E-state index in [4.69, 9.17) is 9.47 Å². The molecule has 0 aromatic heterocycles. The predicted molar refractivity (Wildman–Crippen MR) is 117 cm³/mol. The molecule has 2 amide bonds. The first-order valence-corrected chi connectivity index (χ1v) is 11.2. The van der Waals surface area contributed by atoms with Crippen molar-refractivity contribution in [3.63, 3.8) is 0 Å². The van der Waals surface area contributed by atoms with Gasteiger partial charge in [-0.15, -0.1) is 0 Å². The van der Waals surface area contributed by atoms with Gasteiger partial charge < -0.3 is 9.47 Å². The van der Waals surface area contributed by atoms with E-state index in [-0.39, 0.29) is 22.2 Å². The van der Waals surface area contributed by atoms with Crippen LogP contribution in [0.1, 0.15) is 29.8 Å². The van der Waals surface area contributed by atoms with Crippen LogP contribution in [0.5, 0.6) is 11.5 Å². The van der Waals surface area contributed by atoms with Gasteiger partial charge in [0.25, 0.3) is 21.8 Å². The second-order valence-corrected chi connectivity index (χ2v) is 8.93. The van der Waals surface area contributed by atoms with Gasteiger partial charge in [0.15, 0.2) is 11.5 Å². The Morgan fingerprint density at radius 2 is 1.69 bits per heavy atom. The summed E-state index contributed by atoms with van der Waals surface area (Å²) < 4.78 is 37.3. The van der Waals surface area contributed by atoms with Crippen LogP contribution in [0.25, 0.3) is 0 Å². The third-order valence-electron chi connectivity index (χ3n) is 4.78. The van der Waals surface area contributed by atoms with Crippen LogP contribution in [-0.4, -0.2) is 46.3 Å². The third kappa shape index (κ3) is 4.67. The second kappa shape index (κ2) is 9.27. The highest BCUT2D eigenvalue weighted by molar-refractivity contribution is 7.90. The Morgan fingerprint density at radius 3 is 2.34 bits per heavy atom. The first-order chi connectivity index (χ1) is 15.2. The topological polar surface area (TPSA) is 135 Å². The van der Waals surface area contributed by atoms with Crippen LogP contribution in [0.3, 0.4) is 0 Å². The fourth-order valence-corrected chi connectivity index (χ4v) is 4.36. The third-order valence-corrected chi connectivity index (χ3v) is 6.17. The number of hydrazine groups is 1. The van der Waals surface area contributed by atoms with E-state index in [0.717, 1.165) is 0 Å². The minimum atomic E-state index is -3.73. The molecule has 0 unspecified atom stereocenters. The van der Waals surface area contributed by atoms with Gasteiger partial charge in [0.2, 0.25) is 0 Å². The van der Waals surface area contributed by atoms with Gasteiger partial charge in [-0.3, -0.25) is 30.2 Å². The number of benzene rings is 2. The Morgan fingerprint density at radius 1 is 1.00 bits per heavy atom. The van der Waals surface area contributed by atoms with Crippen LogP contribution in [0.4, 0.5) is 0 Å². The van der Waals surface area contributed by atoms with Crippen LogP contribution in [0, 0.1) is 5.92 Å². The van der Waals surface area contributed by atoms with Gasteiger partial charge >= 0.3 is 0 Å². The molecular weight excluding hydrogens is 436 g/mol. The maximum atomic E-state index is 12.8. The molecule has 11 heteroatoms. The number of carbonyl (C=O) groups is 2. The number of hydrogen-bond donors (Lipinski definition) is 3. The van der Waals surface area contributed by atoms with Crippen LogP contribution < -0.4 is 25.0 Å². The first kappa shape index (κ1) is 23.1. The van der Waals surface area contributed by atoms with Gasteiger partial charge in [-0.1, -0.05) is 26.0 Å². The normalized spacial score (nSPS) is 16.1. The molecule has 2 aromatic carbocycles. The first-order valence-electron chi connectivity index (χ1n) is 9.70. The summed E-state index contributed by atoms with van der Waals surface area (Å²) in [6.07, 6.45) is 0. The molecule has 1 heterocycles. The monoisotopic (exact) mass is 460 g/mol. The lowest BCUT2D eigenvalue weighted by atomic mass is 10.0. The average Bonchev–Trinajstić information content (AvgIpc) is 3.04. The van der Waals surface area contributed by atoms with E-state index < -0.39 is 27.9 Å². The zero-order chi connectivity index (χ0) is 23.5. The maximum Gasteiger partial charge on any atom is 0.269 e. The highest BCUT2D eigenvalue weighted by Crippen LogP contribution is 2.27. The number of fused-ring (bicyclic) bond motifs is 1. The highest BCUT2D eigenvalue weighted by atomic mass is 32.2. The lowest BCUT2D eigenvalue weighted by Gasteiger charge is -2.18. The molecule has 0 bridgehead atoms. The molecule has 1 atom stereocenters. The lowest BCUT2D eigenvalue weighted by Crippen LogP contribution is -2.47. The number of ether oxygens (including phenoxy) is 2. The molecule has 170 valence electrons. The number of hydrogen-bond acceptors (Lipinski definition) is 7. The Kier molecular flexibility index (Phi) is 6.68. The molecule has 0 saturated carbocycles. The Hall–Kier alpha value is -3.60. The molecule has 0 saturated heterocycles. The molecule has 1 aliphatic heterocycles. The largest absolute Gasteiger partial charge is 0.493 e. The molecule has 0 radical (unpaired) electrons. The fraction of sp³-hybridized carbons (Fsp3) is 0.286. The Balaban J connectivity index is 1.76. The van der Waals surface area contributed by atoms with Crippen LogP contribution >= 0.6 is 0 Å². The number of nitrogens with zero attached hydrogens (tertiary/aromatic N) is 1. The molecule has 3 rings (SSSR count). The van der Waals surface area contributed by atoms with Crippen LogP contribution in [0.2, 0.25) is 0 Å². The number of sulfonamides is 1. The fourth-order valence-electron chi connectivity index (χ4n) is 3.12. The maximum absolute atomic E-state index is 12.8. The van der Waals surface area contributed by atoms with Crippen molar-refractivity contribution >= 4 is 27.7 Å². The summed E-state index contributed by atoms with van der Waals surface area (Å²) >= 11 is 0. The van der Waals surface area contributed by atoms with E-state index in [1.165, 1.54) is 32.4 Å². The van der Waals surface area contributed by atoms with Crippen molar-refractivity contribution in [3.05, 3.63) is 53.6 Å². The van der Waals surface area contributed by atoms with Crippen LogP contribution in [-0.2, 0) is 14.8 Å². The van der Waals surface area contributed by atoms with E-state index in [9.17, 15) is 18.0 Å². The van der Waals surface area contributed by atoms with E-state index in [1.807, 2.05) is 0 Å². The summed E-state index contributed by atoms with van der Waals surface area (Å²) in [6, 6.07) is 9.99.